The standard InChI is InChI=1S/C20H23F2N5O4/c1-11(18(23)28)24-12-2-3-13-15(8-12)31-7-5-26-10-17(25-19(13)26)27(9-16(21)22)20(29)14-4-6-30-14/h2-3,8,10-11,14,16,24H,4-7,9H2,1H3,(H2,23,28)/t11-,14+/m0/s1. The Kier molecular flexibility index (Phi) is 5.77. The Bertz CT molecular complexity index is 992. The predicted molar refractivity (Wildman–Crippen MR) is 108 cm³/mol. The normalized spacial score (nSPS) is 18.1. The molecule has 166 valence electrons. The number of fused-ring (bicyclic) bond motifs is 3. The van der Waals surface area contributed by atoms with Gasteiger partial charge in [0.2, 0.25) is 5.91 Å². The number of alkyl halides is 2. The summed E-state index contributed by atoms with van der Waals surface area (Å²) in [6, 6.07) is 4.66. The molecule has 4 rings (SSSR count). The molecule has 3 heterocycles. The third kappa shape index (κ3) is 4.31. The first kappa shape index (κ1) is 21.0. The Morgan fingerprint density at radius 1 is 1.39 bits per heavy atom. The molecule has 3 N–H and O–H groups in total. The molecule has 9 nitrogen and oxygen atoms in total. The average Bonchev–Trinajstić information content (AvgIpc) is 3.00. The van der Waals surface area contributed by atoms with E-state index < -0.39 is 36.9 Å². The van der Waals surface area contributed by atoms with Crippen molar-refractivity contribution in [3.8, 4) is 17.1 Å². The monoisotopic (exact) mass is 435 g/mol. The van der Waals surface area contributed by atoms with Crippen molar-refractivity contribution in [3.05, 3.63) is 24.4 Å². The van der Waals surface area contributed by atoms with E-state index in [-0.39, 0.29) is 5.82 Å². The molecule has 1 aromatic carbocycles. The van der Waals surface area contributed by atoms with Gasteiger partial charge in [0.1, 0.15) is 30.3 Å². The van der Waals surface area contributed by atoms with Gasteiger partial charge in [0.25, 0.3) is 12.3 Å². The van der Waals surface area contributed by atoms with Crippen LogP contribution in [-0.4, -0.2) is 59.7 Å². The number of benzene rings is 1. The van der Waals surface area contributed by atoms with Crippen LogP contribution in [0.25, 0.3) is 11.4 Å². The Morgan fingerprint density at radius 3 is 2.81 bits per heavy atom. The molecule has 1 aromatic heterocycles. The zero-order chi connectivity index (χ0) is 22.1. The van der Waals surface area contributed by atoms with Crippen LogP contribution < -0.4 is 20.7 Å². The molecular weight excluding hydrogens is 412 g/mol. The van der Waals surface area contributed by atoms with Crippen LogP contribution >= 0.6 is 0 Å². The van der Waals surface area contributed by atoms with Crippen molar-refractivity contribution in [1.29, 1.82) is 0 Å². The van der Waals surface area contributed by atoms with Crippen LogP contribution in [-0.2, 0) is 20.9 Å². The van der Waals surface area contributed by atoms with E-state index in [0.29, 0.717) is 49.0 Å². The fraction of sp³-hybridized carbons (Fsp3) is 0.450. The van der Waals surface area contributed by atoms with Crippen molar-refractivity contribution >= 4 is 23.3 Å². The molecule has 2 aliphatic heterocycles. The first-order chi connectivity index (χ1) is 14.8. The lowest BCUT2D eigenvalue weighted by Crippen LogP contribution is -2.47. The summed E-state index contributed by atoms with van der Waals surface area (Å²) < 4.78 is 39.1. The van der Waals surface area contributed by atoms with E-state index in [1.54, 1.807) is 35.9 Å². The lowest BCUT2D eigenvalue weighted by molar-refractivity contribution is -0.142. The van der Waals surface area contributed by atoms with Crippen molar-refractivity contribution < 1.29 is 27.8 Å². The summed E-state index contributed by atoms with van der Waals surface area (Å²) in [5.41, 5.74) is 6.58. The molecular formula is C20H23F2N5O4. The van der Waals surface area contributed by atoms with E-state index in [4.69, 9.17) is 15.2 Å². The van der Waals surface area contributed by atoms with Gasteiger partial charge in [0.05, 0.1) is 25.3 Å². The molecule has 0 saturated carbocycles. The van der Waals surface area contributed by atoms with Gasteiger partial charge in [-0.25, -0.2) is 13.8 Å². The van der Waals surface area contributed by atoms with E-state index >= 15 is 0 Å². The van der Waals surface area contributed by atoms with Gasteiger partial charge in [-0.1, -0.05) is 0 Å². The number of nitrogens with one attached hydrogen (secondary N) is 1. The van der Waals surface area contributed by atoms with Gasteiger partial charge in [-0.3, -0.25) is 14.5 Å². The Balaban J connectivity index is 1.66. The van der Waals surface area contributed by atoms with Crippen molar-refractivity contribution in [3.63, 3.8) is 0 Å². The van der Waals surface area contributed by atoms with E-state index in [9.17, 15) is 18.4 Å². The van der Waals surface area contributed by atoms with Crippen LogP contribution in [0.5, 0.6) is 5.75 Å². The van der Waals surface area contributed by atoms with Gasteiger partial charge < -0.3 is 25.1 Å². The molecule has 0 bridgehead atoms. The predicted octanol–water partition coefficient (Wildman–Crippen LogP) is 1.62. The van der Waals surface area contributed by atoms with Crippen molar-refractivity contribution in [2.45, 2.75) is 38.5 Å². The molecule has 0 spiro atoms. The number of ether oxygens (including phenoxy) is 2. The molecule has 2 aromatic rings. The molecule has 0 radical (unpaired) electrons. The number of anilines is 2. The highest BCUT2D eigenvalue weighted by Crippen LogP contribution is 2.36. The highest BCUT2D eigenvalue weighted by molar-refractivity contribution is 5.96. The number of carbonyl (C=O) groups excluding carboxylic acids is 2. The van der Waals surface area contributed by atoms with E-state index in [1.807, 2.05) is 0 Å². The lowest BCUT2D eigenvalue weighted by Gasteiger charge is -2.30. The fourth-order valence-corrected chi connectivity index (χ4v) is 3.45. The van der Waals surface area contributed by atoms with Crippen LogP contribution in [0.1, 0.15) is 13.3 Å². The molecule has 2 amide bonds. The maximum Gasteiger partial charge on any atom is 0.257 e. The summed E-state index contributed by atoms with van der Waals surface area (Å²) in [6.45, 7) is 2.07. The fourth-order valence-electron chi connectivity index (χ4n) is 3.45. The molecule has 0 aliphatic carbocycles. The summed E-state index contributed by atoms with van der Waals surface area (Å²) in [7, 11) is 0. The van der Waals surface area contributed by atoms with E-state index in [2.05, 4.69) is 10.3 Å². The van der Waals surface area contributed by atoms with Crippen molar-refractivity contribution in [2.24, 2.45) is 5.73 Å². The van der Waals surface area contributed by atoms with Gasteiger partial charge in [-0.2, -0.15) is 0 Å². The number of imidazole rings is 1. The molecule has 11 heteroatoms. The Hall–Kier alpha value is -3.21. The average molecular weight is 435 g/mol. The number of hydrogen-bond acceptors (Lipinski definition) is 6. The van der Waals surface area contributed by atoms with Crippen LogP contribution in [0, 0.1) is 0 Å². The second kappa shape index (κ2) is 8.50. The van der Waals surface area contributed by atoms with Crippen LogP contribution in [0.2, 0.25) is 0 Å². The first-order valence-corrected chi connectivity index (χ1v) is 9.95. The number of nitrogens with two attached hydrogens (primary N) is 1. The van der Waals surface area contributed by atoms with Crippen LogP contribution in [0.3, 0.4) is 0 Å². The number of aromatic nitrogens is 2. The topological polar surface area (TPSA) is 112 Å². The van der Waals surface area contributed by atoms with Crippen molar-refractivity contribution in [2.75, 3.05) is 30.0 Å². The van der Waals surface area contributed by atoms with Crippen LogP contribution in [0.15, 0.2) is 24.4 Å². The van der Waals surface area contributed by atoms with Gasteiger partial charge in [0.15, 0.2) is 5.82 Å². The maximum atomic E-state index is 13.2. The van der Waals surface area contributed by atoms with Crippen molar-refractivity contribution in [1.82, 2.24) is 9.55 Å². The molecule has 31 heavy (non-hydrogen) atoms. The minimum atomic E-state index is -2.71. The SMILES string of the molecule is C[C@H](Nc1ccc2c(c1)OCCn1cc(N(CC(F)F)C(=O)[C@H]3CCO3)nc1-2)C(N)=O. The number of halogens is 2. The van der Waals surface area contributed by atoms with Crippen LogP contribution in [0.4, 0.5) is 20.3 Å². The Labute approximate surface area is 177 Å². The second-order valence-corrected chi connectivity index (χ2v) is 7.43. The quantitative estimate of drug-likeness (QED) is 0.684. The first-order valence-electron chi connectivity index (χ1n) is 9.95. The largest absolute Gasteiger partial charge is 0.491 e. The second-order valence-electron chi connectivity index (χ2n) is 7.43. The van der Waals surface area contributed by atoms with Gasteiger partial charge in [-0.15, -0.1) is 0 Å². The van der Waals surface area contributed by atoms with E-state index in [0.717, 1.165) is 4.90 Å². The minimum Gasteiger partial charge on any atom is -0.491 e. The third-order valence-corrected chi connectivity index (χ3v) is 5.22. The summed E-state index contributed by atoms with van der Waals surface area (Å²) in [5, 5.41) is 2.99. The summed E-state index contributed by atoms with van der Waals surface area (Å²) in [5.74, 6) is 0.157. The van der Waals surface area contributed by atoms with Gasteiger partial charge >= 0.3 is 0 Å². The number of carbonyl (C=O) groups is 2. The molecule has 2 atom stereocenters. The minimum absolute atomic E-state index is 0.146. The van der Waals surface area contributed by atoms with Gasteiger partial charge in [-0.05, 0) is 19.1 Å². The smallest absolute Gasteiger partial charge is 0.257 e. The zero-order valence-corrected chi connectivity index (χ0v) is 16.9. The highest BCUT2D eigenvalue weighted by Gasteiger charge is 2.34. The number of amides is 2. The molecule has 1 fully saturated rings. The maximum absolute atomic E-state index is 13.2. The Morgan fingerprint density at radius 2 is 2.16 bits per heavy atom. The summed E-state index contributed by atoms with van der Waals surface area (Å²) >= 11 is 0. The molecule has 2 aliphatic rings. The summed E-state index contributed by atoms with van der Waals surface area (Å²) in [4.78, 5) is 29.4. The highest BCUT2D eigenvalue weighted by atomic mass is 19.3. The van der Waals surface area contributed by atoms with E-state index in [1.165, 1.54) is 0 Å². The number of primary amides is 1. The molecule has 1 saturated heterocycles. The molecule has 0 unspecified atom stereocenters. The lowest BCUT2D eigenvalue weighted by atomic mass is 10.1. The van der Waals surface area contributed by atoms with Gasteiger partial charge in [0, 0.05) is 24.4 Å². The number of nitrogens with zero attached hydrogens (tertiary/aromatic N) is 3. The summed E-state index contributed by atoms with van der Waals surface area (Å²) in [6.07, 6.45) is -1.34. The number of hydrogen-bond donors (Lipinski definition) is 2. The number of rotatable bonds is 7. The third-order valence-electron chi connectivity index (χ3n) is 5.22. The zero-order valence-electron chi connectivity index (χ0n) is 16.9.